The van der Waals surface area contributed by atoms with Crippen molar-refractivity contribution in [3.8, 4) is 5.75 Å². The summed E-state index contributed by atoms with van der Waals surface area (Å²) in [6.45, 7) is 3.83. The van der Waals surface area contributed by atoms with Crippen LogP contribution in [0.3, 0.4) is 0 Å². The van der Waals surface area contributed by atoms with E-state index in [9.17, 15) is 14.4 Å². The molecule has 1 aliphatic carbocycles. The minimum atomic E-state index is -0.680. The molecule has 150 valence electrons. The molecular formula is C24H25NO4. The van der Waals surface area contributed by atoms with E-state index in [2.05, 4.69) is 6.92 Å². The molecule has 1 aliphatic heterocycles. The number of amides is 2. The molecule has 5 nitrogen and oxygen atoms in total. The molecule has 0 N–H and O–H groups in total. The lowest BCUT2D eigenvalue weighted by atomic mass is 9.76. The second kappa shape index (κ2) is 7.82. The number of ether oxygens (including phenoxy) is 1. The summed E-state index contributed by atoms with van der Waals surface area (Å²) in [4.78, 5) is 39.7. The van der Waals surface area contributed by atoms with Crippen LogP contribution in [0.1, 0.15) is 43.5 Å². The van der Waals surface area contributed by atoms with Gasteiger partial charge in [0.25, 0.3) is 0 Å². The minimum Gasteiger partial charge on any atom is -0.482 e. The van der Waals surface area contributed by atoms with Gasteiger partial charge in [0.05, 0.1) is 17.5 Å². The summed E-state index contributed by atoms with van der Waals surface area (Å²) in [5.41, 5.74) is 1.10. The number of Topliss-reactive ketones (excluding diaryl/α,β-unsaturated/α-hetero) is 1. The second-order valence-corrected chi connectivity index (χ2v) is 8.13. The Morgan fingerprint density at radius 3 is 2.48 bits per heavy atom. The van der Waals surface area contributed by atoms with Crippen LogP contribution in [-0.4, -0.2) is 23.7 Å². The van der Waals surface area contributed by atoms with E-state index in [1.807, 2.05) is 18.2 Å². The average Bonchev–Trinajstić information content (AvgIpc) is 2.98. The number of imide groups is 1. The van der Waals surface area contributed by atoms with E-state index in [1.165, 1.54) is 4.90 Å². The molecule has 0 spiro atoms. The normalized spacial score (nSPS) is 24.9. The van der Waals surface area contributed by atoms with E-state index in [0.29, 0.717) is 22.9 Å². The largest absolute Gasteiger partial charge is 0.482 e. The Morgan fingerprint density at radius 2 is 1.72 bits per heavy atom. The Bertz CT molecular complexity index is 939. The molecule has 2 aliphatic rings. The van der Waals surface area contributed by atoms with Crippen LogP contribution in [0.15, 0.2) is 54.6 Å². The molecule has 5 heteroatoms. The fourth-order valence-corrected chi connectivity index (χ4v) is 4.43. The van der Waals surface area contributed by atoms with Gasteiger partial charge < -0.3 is 4.74 Å². The monoisotopic (exact) mass is 391 g/mol. The number of ketones is 1. The molecule has 1 heterocycles. The van der Waals surface area contributed by atoms with Crippen LogP contribution in [-0.2, 0) is 9.59 Å². The zero-order valence-electron chi connectivity index (χ0n) is 16.7. The van der Waals surface area contributed by atoms with Crippen molar-refractivity contribution in [3.05, 3.63) is 60.2 Å². The van der Waals surface area contributed by atoms with Gasteiger partial charge in [0.15, 0.2) is 6.10 Å². The standard InChI is InChI=1S/C24H25NO4/c1-15-11-12-20-21(13-15)24(28)25(23(20)27)18-9-6-10-19(14-18)29-16(2)22(26)17-7-4-3-5-8-17/h3-10,14-16,20-21H,11-13H2,1-2H3/t15-,16-,20+,21+/m0/s1. The summed E-state index contributed by atoms with van der Waals surface area (Å²) >= 11 is 0. The molecule has 0 aromatic heterocycles. The van der Waals surface area contributed by atoms with Crippen LogP contribution in [0.2, 0.25) is 0 Å². The maximum Gasteiger partial charge on any atom is 0.237 e. The van der Waals surface area contributed by atoms with Gasteiger partial charge in [0.1, 0.15) is 5.75 Å². The number of hydrogen-bond donors (Lipinski definition) is 0. The van der Waals surface area contributed by atoms with Crippen molar-refractivity contribution in [2.24, 2.45) is 17.8 Å². The maximum absolute atomic E-state index is 12.9. The molecule has 1 saturated heterocycles. The number of carbonyl (C=O) groups is 3. The van der Waals surface area contributed by atoms with Crippen LogP contribution >= 0.6 is 0 Å². The number of fused-ring (bicyclic) bond motifs is 1. The van der Waals surface area contributed by atoms with Gasteiger partial charge in [-0.2, -0.15) is 0 Å². The van der Waals surface area contributed by atoms with Crippen LogP contribution in [0.5, 0.6) is 5.75 Å². The van der Waals surface area contributed by atoms with Gasteiger partial charge in [0, 0.05) is 11.6 Å². The van der Waals surface area contributed by atoms with Crippen LogP contribution < -0.4 is 9.64 Å². The highest BCUT2D eigenvalue weighted by atomic mass is 16.5. The van der Waals surface area contributed by atoms with Crippen molar-refractivity contribution in [1.29, 1.82) is 0 Å². The van der Waals surface area contributed by atoms with Crippen molar-refractivity contribution >= 4 is 23.3 Å². The van der Waals surface area contributed by atoms with E-state index >= 15 is 0 Å². The average molecular weight is 391 g/mol. The zero-order chi connectivity index (χ0) is 20.5. The van der Waals surface area contributed by atoms with Crippen LogP contribution in [0.4, 0.5) is 5.69 Å². The Hall–Kier alpha value is -2.95. The molecule has 1 saturated carbocycles. The van der Waals surface area contributed by atoms with E-state index in [1.54, 1.807) is 43.3 Å². The molecule has 29 heavy (non-hydrogen) atoms. The third-order valence-electron chi connectivity index (χ3n) is 6.00. The third kappa shape index (κ3) is 3.69. The molecule has 0 unspecified atom stereocenters. The second-order valence-electron chi connectivity index (χ2n) is 8.13. The van der Waals surface area contributed by atoms with Gasteiger partial charge in [-0.3, -0.25) is 14.4 Å². The van der Waals surface area contributed by atoms with Crippen molar-refractivity contribution in [2.75, 3.05) is 4.90 Å². The highest BCUT2D eigenvalue weighted by molar-refractivity contribution is 6.22. The number of rotatable bonds is 5. The molecule has 2 fully saturated rings. The first-order valence-electron chi connectivity index (χ1n) is 10.2. The Morgan fingerprint density at radius 1 is 1.00 bits per heavy atom. The zero-order valence-corrected chi connectivity index (χ0v) is 16.7. The fraction of sp³-hybridized carbons (Fsp3) is 0.375. The number of nitrogens with zero attached hydrogens (tertiary/aromatic N) is 1. The highest BCUT2D eigenvalue weighted by Crippen LogP contribution is 2.42. The molecule has 2 aromatic rings. The molecule has 4 atom stereocenters. The van der Waals surface area contributed by atoms with E-state index < -0.39 is 6.10 Å². The SMILES string of the molecule is C[C@H]1CC[C@H]2C(=O)N(c3cccc(O[C@@H](C)C(=O)c4ccccc4)c3)C(=O)[C@@H]2C1. The topological polar surface area (TPSA) is 63.7 Å². The molecule has 0 bridgehead atoms. The summed E-state index contributed by atoms with van der Waals surface area (Å²) in [5.74, 6) is 0.158. The number of benzene rings is 2. The first kappa shape index (κ1) is 19.4. The molecular weight excluding hydrogens is 366 g/mol. The van der Waals surface area contributed by atoms with Crippen molar-refractivity contribution < 1.29 is 19.1 Å². The Balaban J connectivity index is 1.52. The third-order valence-corrected chi connectivity index (χ3v) is 6.00. The van der Waals surface area contributed by atoms with Gasteiger partial charge in [-0.25, -0.2) is 4.90 Å². The van der Waals surface area contributed by atoms with E-state index in [0.717, 1.165) is 19.3 Å². The highest BCUT2D eigenvalue weighted by Gasteiger charge is 2.50. The first-order chi connectivity index (χ1) is 14.0. The summed E-state index contributed by atoms with van der Waals surface area (Å²) in [7, 11) is 0. The Labute approximate surface area is 170 Å². The molecule has 0 radical (unpaired) electrons. The van der Waals surface area contributed by atoms with Crippen molar-refractivity contribution in [2.45, 2.75) is 39.2 Å². The minimum absolute atomic E-state index is 0.113. The number of hydrogen-bond acceptors (Lipinski definition) is 4. The number of carbonyl (C=O) groups excluding carboxylic acids is 3. The summed E-state index contributed by atoms with van der Waals surface area (Å²) in [5, 5.41) is 0. The lowest BCUT2D eigenvalue weighted by molar-refractivity contribution is -0.122. The van der Waals surface area contributed by atoms with Gasteiger partial charge in [-0.05, 0) is 44.2 Å². The molecule has 4 rings (SSSR count). The summed E-state index contributed by atoms with van der Waals surface area (Å²) in [6, 6.07) is 15.9. The first-order valence-corrected chi connectivity index (χ1v) is 10.2. The van der Waals surface area contributed by atoms with Crippen LogP contribution in [0, 0.1) is 17.8 Å². The Kier molecular flexibility index (Phi) is 5.22. The molecule has 2 aromatic carbocycles. The molecule has 2 amide bonds. The predicted molar refractivity (Wildman–Crippen MR) is 110 cm³/mol. The van der Waals surface area contributed by atoms with E-state index in [-0.39, 0.29) is 29.4 Å². The van der Waals surface area contributed by atoms with Gasteiger partial charge in [0.2, 0.25) is 17.6 Å². The quantitative estimate of drug-likeness (QED) is 0.564. The summed E-state index contributed by atoms with van der Waals surface area (Å²) in [6.07, 6.45) is 1.84. The van der Waals surface area contributed by atoms with Gasteiger partial charge in [-0.15, -0.1) is 0 Å². The van der Waals surface area contributed by atoms with E-state index in [4.69, 9.17) is 4.74 Å². The predicted octanol–water partition coefficient (Wildman–Crippen LogP) is 4.26. The number of anilines is 1. The van der Waals surface area contributed by atoms with Gasteiger partial charge >= 0.3 is 0 Å². The van der Waals surface area contributed by atoms with Crippen LogP contribution in [0.25, 0.3) is 0 Å². The van der Waals surface area contributed by atoms with Crippen molar-refractivity contribution in [1.82, 2.24) is 0 Å². The smallest absolute Gasteiger partial charge is 0.237 e. The van der Waals surface area contributed by atoms with Crippen molar-refractivity contribution in [3.63, 3.8) is 0 Å². The maximum atomic E-state index is 12.9. The summed E-state index contributed by atoms with van der Waals surface area (Å²) < 4.78 is 5.84. The van der Waals surface area contributed by atoms with Gasteiger partial charge in [-0.1, -0.05) is 43.3 Å². The fourth-order valence-electron chi connectivity index (χ4n) is 4.43. The lowest BCUT2D eigenvalue weighted by Gasteiger charge is -2.25. The lowest BCUT2D eigenvalue weighted by Crippen LogP contribution is -2.31.